The molecule has 2 bridgehead atoms. The Labute approximate surface area is 117 Å². The lowest BCUT2D eigenvalue weighted by Crippen LogP contribution is -2.32. The Morgan fingerprint density at radius 2 is 2.00 bits per heavy atom. The van der Waals surface area contributed by atoms with Gasteiger partial charge in [-0.1, -0.05) is 24.6 Å². The number of hydrogen-bond acceptors (Lipinski definition) is 2. The van der Waals surface area contributed by atoms with E-state index in [1.807, 2.05) is 0 Å². The number of nitrogens with one attached hydrogen (secondary N) is 1. The standard InChI is InChI=1S/C17H26N2/c1-19(10-9-18-17-5-3-2-4-6-17)13-16-12-14-7-8-15(16)11-14/h2-6,14-16,18H,7-13H2,1H3. The summed E-state index contributed by atoms with van der Waals surface area (Å²) in [6.45, 7) is 3.49. The molecule has 1 N–H and O–H groups in total. The van der Waals surface area contributed by atoms with Gasteiger partial charge in [-0.05, 0) is 56.2 Å². The molecule has 19 heavy (non-hydrogen) atoms. The molecule has 3 rings (SSSR count). The van der Waals surface area contributed by atoms with Gasteiger partial charge in [-0.25, -0.2) is 0 Å². The predicted molar refractivity (Wildman–Crippen MR) is 81.4 cm³/mol. The van der Waals surface area contributed by atoms with Crippen molar-refractivity contribution in [2.45, 2.75) is 25.7 Å². The van der Waals surface area contributed by atoms with E-state index in [0.29, 0.717) is 0 Å². The topological polar surface area (TPSA) is 15.3 Å². The Morgan fingerprint density at radius 3 is 2.68 bits per heavy atom. The van der Waals surface area contributed by atoms with Gasteiger partial charge in [-0.15, -0.1) is 0 Å². The van der Waals surface area contributed by atoms with E-state index in [-0.39, 0.29) is 0 Å². The van der Waals surface area contributed by atoms with Crippen LogP contribution in [0.2, 0.25) is 0 Å². The summed E-state index contributed by atoms with van der Waals surface area (Å²) in [4.78, 5) is 2.52. The maximum Gasteiger partial charge on any atom is 0.0340 e. The van der Waals surface area contributed by atoms with Gasteiger partial charge in [0.1, 0.15) is 0 Å². The predicted octanol–water partition coefficient (Wildman–Crippen LogP) is 3.47. The zero-order valence-corrected chi connectivity index (χ0v) is 12.0. The highest BCUT2D eigenvalue weighted by Crippen LogP contribution is 2.48. The molecule has 104 valence electrons. The molecule has 0 radical (unpaired) electrons. The molecule has 0 spiro atoms. The minimum Gasteiger partial charge on any atom is -0.384 e. The van der Waals surface area contributed by atoms with Crippen molar-refractivity contribution in [3.05, 3.63) is 30.3 Å². The van der Waals surface area contributed by atoms with Gasteiger partial charge in [0.2, 0.25) is 0 Å². The number of benzene rings is 1. The Hall–Kier alpha value is -1.02. The number of rotatable bonds is 6. The molecule has 2 nitrogen and oxygen atoms in total. The summed E-state index contributed by atoms with van der Waals surface area (Å²) in [5.41, 5.74) is 1.23. The van der Waals surface area contributed by atoms with Crippen LogP contribution in [0.3, 0.4) is 0 Å². The fraction of sp³-hybridized carbons (Fsp3) is 0.647. The second kappa shape index (κ2) is 5.96. The van der Waals surface area contributed by atoms with E-state index in [9.17, 15) is 0 Å². The molecular formula is C17H26N2. The van der Waals surface area contributed by atoms with Gasteiger partial charge in [0.05, 0.1) is 0 Å². The third kappa shape index (κ3) is 3.30. The van der Waals surface area contributed by atoms with Crippen LogP contribution in [-0.4, -0.2) is 31.6 Å². The van der Waals surface area contributed by atoms with Crippen molar-refractivity contribution in [1.82, 2.24) is 4.90 Å². The molecule has 3 atom stereocenters. The molecule has 2 aliphatic rings. The second-order valence-electron chi connectivity index (χ2n) is 6.49. The lowest BCUT2D eigenvalue weighted by molar-refractivity contribution is 0.225. The van der Waals surface area contributed by atoms with Gasteiger partial charge in [0.25, 0.3) is 0 Å². The quantitative estimate of drug-likeness (QED) is 0.840. The molecule has 2 aliphatic carbocycles. The van der Waals surface area contributed by atoms with E-state index >= 15 is 0 Å². The van der Waals surface area contributed by atoms with Crippen LogP contribution in [0.5, 0.6) is 0 Å². The first-order chi connectivity index (χ1) is 9.31. The monoisotopic (exact) mass is 258 g/mol. The fourth-order valence-electron chi connectivity index (χ4n) is 4.04. The second-order valence-corrected chi connectivity index (χ2v) is 6.49. The zero-order valence-electron chi connectivity index (χ0n) is 12.0. The van der Waals surface area contributed by atoms with Gasteiger partial charge in [-0.2, -0.15) is 0 Å². The minimum absolute atomic E-state index is 0.987. The molecule has 0 aliphatic heterocycles. The summed E-state index contributed by atoms with van der Waals surface area (Å²) in [7, 11) is 2.28. The van der Waals surface area contributed by atoms with Crippen molar-refractivity contribution in [2.75, 3.05) is 32.0 Å². The summed E-state index contributed by atoms with van der Waals surface area (Å²) < 4.78 is 0. The summed E-state index contributed by atoms with van der Waals surface area (Å²) in [5, 5.41) is 3.49. The third-order valence-electron chi connectivity index (χ3n) is 5.03. The van der Waals surface area contributed by atoms with Crippen molar-refractivity contribution in [1.29, 1.82) is 0 Å². The molecule has 0 saturated heterocycles. The van der Waals surface area contributed by atoms with Crippen molar-refractivity contribution >= 4 is 5.69 Å². The number of hydrogen-bond donors (Lipinski definition) is 1. The third-order valence-corrected chi connectivity index (χ3v) is 5.03. The van der Waals surface area contributed by atoms with E-state index in [2.05, 4.69) is 47.6 Å². The molecule has 2 fully saturated rings. The van der Waals surface area contributed by atoms with Crippen LogP contribution < -0.4 is 5.32 Å². The van der Waals surface area contributed by atoms with Gasteiger partial charge < -0.3 is 10.2 Å². The van der Waals surface area contributed by atoms with E-state index in [1.165, 1.54) is 37.9 Å². The average molecular weight is 258 g/mol. The molecule has 1 aromatic carbocycles. The number of anilines is 1. The Kier molecular flexibility index (Phi) is 4.07. The fourth-order valence-corrected chi connectivity index (χ4v) is 4.04. The molecule has 0 amide bonds. The van der Waals surface area contributed by atoms with E-state index < -0.39 is 0 Å². The number of nitrogens with zero attached hydrogens (tertiary/aromatic N) is 1. The van der Waals surface area contributed by atoms with E-state index in [0.717, 1.165) is 30.8 Å². The van der Waals surface area contributed by atoms with Crippen molar-refractivity contribution < 1.29 is 0 Å². The summed E-state index contributed by atoms with van der Waals surface area (Å²) in [6.07, 6.45) is 6.05. The van der Waals surface area contributed by atoms with Crippen molar-refractivity contribution in [2.24, 2.45) is 17.8 Å². The first-order valence-corrected chi connectivity index (χ1v) is 7.78. The molecule has 0 aromatic heterocycles. The molecule has 1 aromatic rings. The van der Waals surface area contributed by atoms with Crippen LogP contribution in [0, 0.1) is 17.8 Å². The first kappa shape index (κ1) is 13.0. The Balaban J connectivity index is 1.36. The highest BCUT2D eigenvalue weighted by atomic mass is 15.1. The summed E-state index contributed by atoms with van der Waals surface area (Å²) in [5.74, 6) is 3.11. The van der Waals surface area contributed by atoms with E-state index in [1.54, 1.807) is 0 Å². The van der Waals surface area contributed by atoms with Crippen LogP contribution in [0.4, 0.5) is 5.69 Å². The zero-order chi connectivity index (χ0) is 13.1. The highest BCUT2D eigenvalue weighted by molar-refractivity contribution is 5.42. The van der Waals surface area contributed by atoms with Crippen LogP contribution in [0.25, 0.3) is 0 Å². The van der Waals surface area contributed by atoms with Crippen molar-refractivity contribution in [3.8, 4) is 0 Å². The van der Waals surface area contributed by atoms with Crippen LogP contribution in [-0.2, 0) is 0 Å². The van der Waals surface area contributed by atoms with Gasteiger partial charge in [0.15, 0.2) is 0 Å². The molecular weight excluding hydrogens is 232 g/mol. The average Bonchev–Trinajstić information content (AvgIpc) is 3.02. The van der Waals surface area contributed by atoms with Gasteiger partial charge in [0, 0.05) is 25.3 Å². The minimum atomic E-state index is 0.987. The van der Waals surface area contributed by atoms with Crippen LogP contribution in [0.1, 0.15) is 25.7 Å². The normalized spacial score (nSPS) is 29.1. The maximum absolute atomic E-state index is 3.49. The smallest absolute Gasteiger partial charge is 0.0340 e. The summed E-state index contributed by atoms with van der Waals surface area (Å²) in [6, 6.07) is 10.5. The first-order valence-electron chi connectivity index (χ1n) is 7.78. The highest BCUT2D eigenvalue weighted by Gasteiger charge is 2.39. The van der Waals surface area contributed by atoms with Gasteiger partial charge in [-0.3, -0.25) is 0 Å². The SMILES string of the molecule is CN(CCNc1ccccc1)CC1CC2CCC1C2. The lowest BCUT2D eigenvalue weighted by Gasteiger charge is -2.27. The number of para-hydroxylation sites is 1. The Bertz CT molecular complexity index is 390. The van der Waals surface area contributed by atoms with Gasteiger partial charge >= 0.3 is 0 Å². The maximum atomic E-state index is 3.49. The van der Waals surface area contributed by atoms with Crippen molar-refractivity contribution in [3.63, 3.8) is 0 Å². The van der Waals surface area contributed by atoms with Crippen LogP contribution >= 0.6 is 0 Å². The molecule has 0 heterocycles. The molecule has 2 saturated carbocycles. The Morgan fingerprint density at radius 1 is 1.16 bits per heavy atom. The lowest BCUT2D eigenvalue weighted by atomic mass is 9.88. The van der Waals surface area contributed by atoms with E-state index in [4.69, 9.17) is 0 Å². The number of fused-ring (bicyclic) bond motifs is 2. The molecule has 2 heteroatoms. The summed E-state index contributed by atoms with van der Waals surface area (Å²) >= 11 is 0. The largest absolute Gasteiger partial charge is 0.384 e. The van der Waals surface area contributed by atoms with Crippen LogP contribution in [0.15, 0.2) is 30.3 Å². The molecule has 3 unspecified atom stereocenters. The number of likely N-dealkylation sites (N-methyl/N-ethyl adjacent to an activating group) is 1.